The van der Waals surface area contributed by atoms with Gasteiger partial charge in [0.15, 0.2) is 0 Å². The van der Waals surface area contributed by atoms with Gasteiger partial charge in [-0.3, -0.25) is 0 Å². The zero-order valence-corrected chi connectivity index (χ0v) is 12.5. The Bertz CT molecular complexity index is 682. The number of rotatable bonds is 5. The lowest BCUT2D eigenvalue weighted by Gasteiger charge is -2.21. The largest absolute Gasteiger partial charge is 0.478 e. The van der Waals surface area contributed by atoms with Crippen LogP contribution in [0.2, 0.25) is 0 Å². The van der Waals surface area contributed by atoms with Crippen molar-refractivity contribution in [2.75, 3.05) is 11.9 Å². The van der Waals surface area contributed by atoms with Crippen LogP contribution in [0.3, 0.4) is 0 Å². The van der Waals surface area contributed by atoms with E-state index in [4.69, 9.17) is 5.11 Å². The predicted octanol–water partition coefficient (Wildman–Crippen LogP) is 3.32. The minimum absolute atomic E-state index is 0.362. The number of benzene rings is 1. The predicted molar refractivity (Wildman–Crippen MR) is 82.0 cm³/mol. The van der Waals surface area contributed by atoms with Crippen molar-refractivity contribution >= 4 is 29.1 Å². The van der Waals surface area contributed by atoms with E-state index in [0.29, 0.717) is 17.8 Å². The van der Waals surface area contributed by atoms with Gasteiger partial charge in [-0.1, -0.05) is 12.1 Å². The van der Waals surface area contributed by atoms with Crippen molar-refractivity contribution in [3.63, 3.8) is 0 Å². The first kappa shape index (κ1) is 15.2. The molecule has 0 radical (unpaired) electrons. The Balaban J connectivity index is 2.30. The number of aromatic nitrogens is 1. The van der Waals surface area contributed by atoms with Crippen LogP contribution in [0.1, 0.15) is 16.3 Å². The van der Waals surface area contributed by atoms with Gasteiger partial charge >= 0.3 is 5.97 Å². The fourth-order valence-electron chi connectivity index (χ4n) is 2.03. The number of anilines is 1. The van der Waals surface area contributed by atoms with Crippen LogP contribution in [-0.4, -0.2) is 23.1 Å². The summed E-state index contributed by atoms with van der Waals surface area (Å²) in [5, 5.41) is 11.6. The SMILES string of the molecule is Cc1nc(CN(C)c2c(F)cccc2/C=C/C(=O)O)cs1. The Kier molecular flexibility index (Phi) is 4.70. The van der Waals surface area contributed by atoms with E-state index in [1.807, 2.05) is 12.3 Å². The highest BCUT2D eigenvalue weighted by molar-refractivity contribution is 7.09. The first-order valence-electron chi connectivity index (χ1n) is 6.29. The van der Waals surface area contributed by atoms with Gasteiger partial charge in [0, 0.05) is 24.1 Å². The summed E-state index contributed by atoms with van der Waals surface area (Å²) in [6.07, 6.45) is 2.39. The molecule has 0 spiro atoms. The van der Waals surface area contributed by atoms with E-state index in [1.165, 1.54) is 12.1 Å². The molecule has 4 nitrogen and oxygen atoms in total. The highest BCUT2D eigenvalue weighted by atomic mass is 32.1. The van der Waals surface area contributed by atoms with Gasteiger partial charge in [-0.2, -0.15) is 0 Å². The maximum Gasteiger partial charge on any atom is 0.328 e. The maximum absolute atomic E-state index is 14.1. The van der Waals surface area contributed by atoms with E-state index in [-0.39, 0.29) is 0 Å². The summed E-state index contributed by atoms with van der Waals surface area (Å²) in [5.41, 5.74) is 1.74. The first-order valence-corrected chi connectivity index (χ1v) is 7.17. The number of carboxylic acids is 1. The Morgan fingerprint density at radius 3 is 2.90 bits per heavy atom. The Labute approximate surface area is 126 Å². The number of carbonyl (C=O) groups is 1. The number of nitrogens with zero attached hydrogens (tertiary/aromatic N) is 2. The third-order valence-electron chi connectivity index (χ3n) is 2.87. The maximum atomic E-state index is 14.1. The number of hydrogen-bond acceptors (Lipinski definition) is 4. The normalized spacial score (nSPS) is 11.0. The number of carboxylic acid groups (broad SMARTS) is 1. The summed E-state index contributed by atoms with van der Waals surface area (Å²) in [5.74, 6) is -1.46. The molecule has 1 aromatic carbocycles. The molecule has 0 saturated heterocycles. The molecular formula is C15H15FN2O2S. The molecule has 1 N–H and O–H groups in total. The molecule has 0 aliphatic rings. The topological polar surface area (TPSA) is 53.4 Å². The molecule has 0 saturated carbocycles. The van der Waals surface area contributed by atoms with Crippen molar-refractivity contribution in [3.8, 4) is 0 Å². The number of halogens is 1. The minimum Gasteiger partial charge on any atom is -0.478 e. The second kappa shape index (κ2) is 6.49. The van der Waals surface area contributed by atoms with Crippen LogP contribution in [0, 0.1) is 12.7 Å². The molecule has 21 heavy (non-hydrogen) atoms. The van der Waals surface area contributed by atoms with Crippen molar-refractivity contribution in [2.45, 2.75) is 13.5 Å². The van der Waals surface area contributed by atoms with Gasteiger partial charge in [-0.05, 0) is 19.1 Å². The molecule has 0 aliphatic carbocycles. The smallest absolute Gasteiger partial charge is 0.328 e. The van der Waals surface area contributed by atoms with Crippen LogP contribution in [0.5, 0.6) is 0 Å². The molecule has 0 aliphatic heterocycles. The van der Waals surface area contributed by atoms with Crippen molar-refractivity contribution in [1.82, 2.24) is 4.98 Å². The fraction of sp³-hybridized carbons (Fsp3) is 0.200. The average Bonchev–Trinajstić information content (AvgIpc) is 2.81. The molecule has 0 atom stereocenters. The van der Waals surface area contributed by atoms with E-state index in [2.05, 4.69) is 4.98 Å². The molecular weight excluding hydrogens is 291 g/mol. The number of aryl methyl sites for hydroxylation is 1. The second-order valence-electron chi connectivity index (χ2n) is 4.56. The van der Waals surface area contributed by atoms with Gasteiger partial charge < -0.3 is 10.0 Å². The van der Waals surface area contributed by atoms with Gasteiger partial charge in [-0.15, -0.1) is 11.3 Å². The monoisotopic (exact) mass is 306 g/mol. The van der Waals surface area contributed by atoms with Gasteiger partial charge in [0.05, 0.1) is 22.9 Å². The fourth-order valence-corrected chi connectivity index (χ4v) is 2.64. The van der Waals surface area contributed by atoms with Crippen LogP contribution in [-0.2, 0) is 11.3 Å². The van der Waals surface area contributed by atoms with Gasteiger partial charge in [-0.25, -0.2) is 14.2 Å². The summed E-state index contributed by atoms with van der Waals surface area (Å²) >= 11 is 1.54. The second-order valence-corrected chi connectivity index (χ2v) is 5.63. The van der Waals surface area contributed by atoms with Crippen molar-refractivity contribution in [1.29, 1.82) is 0 Å². The number of para-hydroxylation sites is 1. The third kappa shape index (κ3) is 3.88. The van der Waals surface area contributed by atoms with Gasteiger partial charge in [0.1, 0.15) is 5.82 Å². The molecule has 2 rings (SSSR count). The summed E-state index contributed by atoms with van der Waals surface area (Å²) in [6.45, 7) is 2.37. The molecule has 0 bridgehead atoms. The summed E-state index contributed by atoms with van der Waals surface area (Å²) in [6, 6.07) is 4.60. The molecule has 0 unspecified atom stereocenters. The van der Waals surface area contributed by atoms with Gasteiger partial charge in [0.2, 0.25) is 0 Å². The number of hydrogen-bond donors (Lipinski definition) is 1. The lowest BCUT2D eigenvalue weighted by molar-refractivity contribution is -0.131. The Morgan fingerprint density at radius 2 is 2.29 bits per heavy atom. The lowest BCUT2D eigenvalue weighted by Crippen LogP contribution is -2.19. The molecule has 0 amide bonds. The Hall–Kier alpha value is -2.21. The summed E-state index contributed by atoms with van der Waals surface area (Å²) < 4.78 is 14.1. The Morgan fingerprint density at radius 1 is 1.52 bits per heavy atom. The summed E-state index contributed by atoms with van der Waals surface area (Å²) in [7, 11) is 1.76. The molecule has 110 valence electrons. The lowest BCUT2D eigenvalue weighted by atomic mass is 10.1. The third-order valence-corrected chi connectivity index (χ3v) is 3.69. The zero-order chi connectivity index (χ0) is 15.4. The first-order chi connectivity index (χ1) is 9.97. The standard InChI is InChI=1S/C15H15FN2O2S/c1-10-17-12(9-21-10)8-18(2)15-11(6-7-14(19)20)4-3-5-13(15)16/h3-7,9H,8H2,1-2H3,(H,19,20)/b7-6+. The van der Waals surface area contributed by atoms with E-state index in [0.717, 1.165) is 16.8 Å². The zero-order valence-electron chi connectivity index (χ0n) is 11.7. The van der Waals surface area contributed by atoms with Gasteiger partial charge in [0.25, 0.3) is 0 Å². The number of aliphatic carboxylic acids is 1. The highest BCUT2D eigenvalue weighted by Crippen LogP contribution is 2.26. The van der Waals surface area contributed by atoms with Crippen LogP contribution in [0.15, 0.2) is 29.7 Å². The minimum atomic E-state index is -1.07. The van der Waals surface area contributed by atoms with Crippen molar-refractivity contribution in [3.05, 3.63) is 51.7 Å². The van der Waals surface area contributed by atoms with E-state index < -0.39 is 11.8 Å². The molecule has 2 aromatic rings. The molecule has 1 aromatic heterocycles. The van der Waals surface area contributed by atoms with Crippen LogP contribution in [0.4, 0.5) is 10.1 Å². The van der Waals surface area contributed by atoms with Crippen LogP contribution in [0.25, 0.3) is 6.08 Å². The number of thiazole rings is 1. The van der Waals surface area contributed by atoms with E-state index in [9.17, 15) is 9.18 Å². The quantitative estimate of drug-likeness (QED) is 0.861. The van der Waals surface area contributed by atoms with Crippen molar-refractivity contribution in [2.24, 2.45) is 0 Å². The molecule has 6 heteroatoms. The molecule has 0 fully saturated rings. The van der Waals surface area contributed by atoms with Crippen LogP contribution >= 0.6 is 11.3 Å². The average molecular weight is 306 g/mol. The van der Waals surface area contributed by atoms with E-state index >= 15 is 0 Å². The molecule has 1 heterocycles. The van der Waals surface area contributed by atoms with Crippen molar-refractivity contribution < 1.29 is 14.3 Å². The summed E-state index contributed by atoms with van der Waals surface area (Å²) in [4.78, 5) is 16.7. The van der Waals surface area contributed by atoms with E-state index in [1.54, 1.807) is 35.4 Å². The van der Waals surface area contributed by atoms with Crippen LogP contribution < -0.4 is 4.90 Å². The highest BCUT2D eigenvalue weighted by Gasteiger charge is 2.13.